The molecule has 0 saturated heterocycles. The number of hydrogen-bond acceptors (Lipinski definition) is 3. The molecule has 19 heavy (non-hydrogen) atoms. The molecule has 1 aromatic rings. The van der Waals surface area contributed by atoms with Crippen molar-refractivity contribution in [2.45, 2.75) is 26.3 Å². The van der Waals surface area contributed by atoms with Crippen LogP contribution in [0.4, 0.5) is 0 Å². The lowest BCUT2D eigenvalue weighted by molar-refractivity contribution is 0.0777. The van der Waals surface area contributed by atoms with Crippen LogP contribution in [0.2, 0.25) is 0 Å². The van der Waals surface area contributed by atoms with E-state index in [-0.39, 0.29) is 11.7 Å². The van der Waals surface area contributed by atoms with Crippen LogP contribution in [0, 0.1) is 0 Å². The SMILES string of the molecule is C=CCc1c(O)cc(OC)c2c1C(=O)N(CCC)C2. The number of carbonyl (C=O) groups excluding carboxylic acids is 1. The Balaban J connectivity index is 2.56. The first-order valence-corrected chi connectivity index (χ1v) is 6.45. The standard InChI is InChI=1S/C15H19NO3/c1-4-6-10-12(17)8-13(19-3)11-9-16(7-5-2)15(18)14(10)11/h4,8,17H,1,5-7,9H2,2-3H3. The largest absolute Gasteiger partial charge is 0.507 e. The number of hydrogen-bond donors (Lipinski definition) is 1. The van der Waals surface area contributed by atoms with Crippen LogP contribution in [0.3, 0.4) is 0 Å². The molecule has 0 bridgehead atoms. The van der Waals surface area contributed by atoms with Crippen LogP contribution in [0.5, 0.6) is 11.5 Å². The van der Waals surface area contributed by atoms with Crippen molar-refractivity contribution in [1.82, 2.24) is 4.90 Å². The fourth-order valence-electron chi connectivity index (χ4n) is 2.55. The molecule has 0 spiro atoms. The summed E-state index contributed by atoms with van der Waals surface area (Å²) in [5.74, 6) is 0.650. The molecule has 0 aliphatic carbocycles. The fourth-order valence-corrected chi connectivity index (χ4v) is 2.55. The van der Waals surface area contributed by atoms with Crippen LogP contribution in [0.15, 0.2) is 18.7 Å². The van der Waals surface area contributed by atoms with Crippen molar-refractivity contribution in [2.75, 3.05) is 13.7 Å². The number of carbonyl (C=O) groups is 1. The third kappa shape index (κ3) is 2.18. The van der Waals surface area contributed by atoms with Crippen LogP contribution < -0.4 is 4.74 Å². The highest BCUT2D eigenvalue weighted by atomic mass is 16.5. The summed E-state index contributed by atoms with van der Waals surface area (Å²) in [5, 5.41) is 10.1. The van der Waals surface area contributed by atoms with Gasteiger partial charge in [0.1, 0.15) is 11.5 Å². The summed E-state index contributed by atoms with van der Waals surface area (Å²) in [6.07, 6.45) is 3.08. The van der Waals surface area contributed by atoms with Crippen molar-refractivity contribution in [1.29, 1.82) is 0 Å². The smallest absolute Gasteiger partial charge is 0.255 e. The molecule has 0 aromatic heterocycles. The minimum atomic E-state index is -0.0251. The molecule has 1 aromatic carbocycles. The number of fused-ring (bicyclic) bond motifs is 1. The summed E-state index contributed by atoms with van der Waals surface area (Å²) in [7, 11) is 1.55. The van der Waals surface area contributed by atoms with E-state index in [0.717, 1.165) is 12.0 Å². The van der Waals surface area contributed by atoms with Gasteiger partial charge in [-0.1, -0.05) is 13.0 Å². The van der Waals surface area contributed by atoms with Gasteiger partial charge >= 0.3 is 0 Å². The van der Waals surface area contributed by atoms with Crippen molar-refractivity contribution in [2.24, 2.45) is 0 Å². The van der Waals surface area contributed by atoms with Crippen molar-refractivity contribution in [3.63, 3.8) is 0 Å². The number of phenols is 1. The molecule has 1 N–H and O–H groups in total. The van der Waals surface area contributed by atoms with Gasteiger partial charge in [-0.05, 0) is 12.8 Å². The molecule has 102 valence electrons. The Morgan fingerprint density at radius 1 is 1.58 bits per heavy atom. The molecule has 0 radical (unpaired) electrons. The fraction of sp³-hybridized carbons (Fsp3) is 0.400. The Labute approximate surface area is 113 Å². The van der Waals surface area contributed by atoms with Crippen molar-refractivity contribution >= 4 is 5.91 Å². The van der Waals surface area contributed by atoms with Crippen LogP contribution in [-0.2, 0) is 13.0 Å². The Kier molecular flexibility index (Phi) is 3.79. The van der Waals surface area contributed by atoms with E-state index in [2.05, 4.69) is 6.58 Å². The first-order chi connectivity index (χ1) is 9.13. The molecule has 0 unspecified atom stereocenters. The summed E-state index contributed by atoms with van der Waals surface area (Å²) in [6, 6.07) is 1.58. The average Bonchev–Trinajstić information content (AvgIpc) is 2.71. The van der Waals surface area contributed by atoms with Crippen molar-refractivity contribution in [3.05, 3.63) is 35.4 Å². The number of nitrogens with zero attached hydrogens (tertiary/aromatic N) is 1. The van der Waals surface area contributed by atoms with Crippen LogP contribution >= 0.6 is 0 Å². The monoisotopic (exact) mass is 261 g/mol. The molecular weight excluding hydrogens is 242 g/mol. The van der Waals surface area contributed by atoms with Crippen LogP contribution in [0.1, 0.15) is 34.8 Å². The second-order valence-electron chi connectivity index (χ2n) is 4.65. The van der Waals surface area contributed by atoms with Gasteiger partial charge < -0.3 is 14.7 Å². The van der Waals surface area contributed by atoms with E-state index in [1.165, 1.54) is 0 Å². The summed E-state index contributed by atoms with van der Waals surface area (Å²) >= 11 is 0. The van der Waals surface area contributed by atoms with Crippen LogP contribution in [-0.4, -0.2) is 29.6 Å². The lowest BCUT2D eigenvalue weighted by atomic mass is 9.98. The van der Waals surface area contributed by atoms with Gasteiger partial charge in [-0.25, -0.2) is 0 Å². The maximum Gasteiger partial charge on any atom is 0.255 e. The number of allylic oxidation sites excluding steroid dienone is 1. The topological polar surface area (TPSA) is 49.8 Å². The zero-order valence-corrected chi connectivity index (χ0v) is 11.4. The van der Waals surface area contributed by atoms with E-state index in [9.17, 15) is 9.90 Å². The molecule has 0 atom stereocenters. The summed E-state index contributed by atoms with van der Waals surface area (Å²) in [5.41, 5.74) is 2.11. The summed E-state index contributed by atoms with van der Waals surface area (Å²) < 4.78 is 5.28. The van der Waals surface area contributed by atoms with E-state index < -0.39 is 0 Å². The van der Waals surface area contributed by atoms with E-state index in [0.29, 0.717) is 36.4 Å². The molecule has 1 aliphatic rings. The van der Waals surface area contributed by atoms with Gasteiger partial charge in [0.05, 0.1) is 19.2 Å². The van der Waals surface area contributed by atoms with Crippen molar-refractivity contribution < 1.29 is 14.6 Å². The lowest BCUT2D eigenvalue weighted by Crippen LogP contribution is -2.24. The molecule has 0 saturated carbocycles. The van der Waals surface area contributed by atoms with Gasteiger partial charge in [0, 0.05) is 23.7 Å². The van der Waals surface area contributed by atoms with Gasteiger partial charge in [-0.15, -0.1) is 6.58 Å². The third-order valence-electron chi connectivity index (χ3n) is 3.39. The molecule has 1 amide bonds. The summed E-state index contributed by atoms with van der Waals surface area (Å²) in [4.78, 5) is 14.2. The van der Waals surface area contributed by atoms with Crippen LogP contribution in [0.25, 0.3) is 0 Å². The predicted molar refractivity (Wildman–Crippen MR) is 73.6 cm³/mol. The number of phenolic OH excluding ortho intramolecular Hbond substituents is 1. The Morgan fingerprint density at radius 2 is 2.32 bits per heavy atom. The zero-order valence-electron chi connectivity index (χ0n) is 11.4. The van der Waals surface area contributed by atoms with Gasteiger partial charge in [0.15, 0.2) is 0 Å². The summed E-state index contributed by atoms with van der Waals surface area (Å²) in [6.45, 7) is 6.98. The van der Waals surface area contributed by atoms with Gasteiger partial charge in [-0.2, -0.15) is 0 Å². The first kappa shape index (κ1) is 13.5. The maximum absolute atomic E-state index is 12.4. The minimum Gasteiger partial charge on any atom is -0.507 e. The molecule has 4 heteroatoms. The highest BCUT2D eigenvalue weighted by Gasteiger charge is 2.33. The molecule has 1 heterocycles. The number of rotatable bonds is 5. The molecular formula is C15H19NO3. The Bertz CT molecular complexity index is 523. The van der Waals surface area contributed by atoms with E-state index in [1.807, 2.05) is 6.92 Å². The first-order valence-electron chi connectivity index (χ1n) is 6.45. The predicted octanol–water partition coefficient (Wildman–Crippen LogP) is 2.50. The third-order valence-corrected chi connectivity index (χ3v) is 3.39. The van der Waals surface area contributed by atoms with Crippen molar-refractivity contribution in [3.8, 4) is 11.5 Å². The normalized spacial score (nSPS) is 13.6. The highest BCUT2D eigenvalue weighted by Crippen LogP contribution is 2.38. The Hall–Kier alpha value is -1.97. The average molecular weight is 261 g/mol. The van der Waals surface area contributed by atoms with E-state index >= 15 is 0 Å². The number of benzene rings is 1. The maximum atomic E-state index is 12.4. The molecule has 0 fully saturated rings. The minimum absolute atomic E-state index is 0.0251. The van der Waals surface area contributed by atoms with E-state index in [4.69, 9.17) is 4.74 Å². The number of methoxy groups -OCH3 is 1. The van der Waals surface area contributed by atoms with Gasteiger partial charge in [0.25, 0.3) is 5.91 Å². The van der Waals surface area contributed by atoms with E-state index in [1.54, 1.807) is 24.2 Å². The molecule has 1 aliphatic heterocycles. The van der Waals surface area contributed by atoms with Gasteiger partial charge in [0.2, 0.25) is 0 Å². The Morgan fingerprint density at radius 3 is 2.89 bits per heavy atom. The number of aromatic hydroxyl groups is 1. The highest BCUT2D eigenvalue weighted by molar-refractivity contribution is 6.01. The zero-order chi connectivity index (χ0) is 14.0. The molecule has 4 nitrogen and oxygen atoms in total. The number of amides is 1. The number of ether oxygens (including phenoxy) is 1. The second-order valence-corrected chi connectivity index (χ2v) is 4.65. The molecule has 2 rings (SSSR count). The lowest BCUT2D eigenvalue weighted by Gasteiger charge is -2.13. The van der Waals surface area contributed by atoms with Gasteiger partial charge in [-0.3, -0.25) is 4.79 Å². The quantitative estimate of drug-likeness (QED) is 0.828. The second kappa shape index (κ2) is 5.34.